The second kappa shape index (κ2) is 9.52. The number of ether oxygens (including phenoxy) is 2. The molecule has 8 heteroatoms. The first kappa shape index (κ1) is 22.0. The van der Waals surface area contributed by atoms with Gasteiger partial charge in [0, 0.05) is 60.5 Å². The number of hydrogen-bond acceptors (Lipinski definition) is 5. The number of methoxy groups -OCH3 is 1. The van der Waals surface area contributed by atoms with E-state index in [1.165, 1.54) is 13.2 Å². The van der Waals surface area contributed by atoms with Gasteiger partial charge in [0.2, 0.25) is 5.88 Å². The lowest BCUT2D eigenvalue weighted by atomic mass is 10.1. The number of hydrogen-bond donors (Lipinski definition) is 1. The van der Waals surface area contributed by atoms with Crippen molar-refractivity contribution >= 4 is 5.91 Å². The summed E-state index contributed by atoms with van der Waals surface area (Å²) in [6.07, 6.45) is 6.68. The number of benzene rings is 1. The molecule has 3 aromatic heterocycles. The van der Waals surface area contributed by atoms with Crippen LogP contribution in [0.15, 0.2) is 67.3 Å². The van der Waals surface area contributed by atoms with Crippen LogP contribution in [0.2, 0.25) is 0 Å². The summed E-state index contributed by atoms with van der Waals surface area (Å²) in [6, 6.07) is 12.1. The molecule has 0 spiro atoms. The average Bonchev–Trinajstić information content (AvgIpc) is 3.25. The Balaban J connectivity index is 1.51. The third kappa shape index (κ3) is 5.01. The van der Waals surface area contributed by atoms with E-state index in [0.717, 1.165) is 17.5 Å². The molecule has 1 amide bonds. The maximum atomic E-state index is 13.5. The van der Waals surface area contributed by atoms with Gasteiger partial charge in [0.05, 0.1) is 19.0 Å². The molecule has 168 valence electrons. The highest BCUT2D eigenvalue weighted by molar-refractivity contribution is 5.96. The molecule has 0 bridgehead atoms. The van der Waals surface area contributed by atoms with Crippen molar-refractivity contribution in [2.45, 2.75) is 13.5 Å². The molecule has 4 rings (SSSR count). The third-order valence-electron chi connectivity index (χ3n) is 5.14. The minimum atomic E-state index is -0.501. The van der Waals surface area contributed by atoms with Crippen molar-refractivity contribution in [2.75, 3.05) is 7.11 Å². The van der Waals surface area contributed by atoms with Crippen molar-refractivity contribution in [3.63, 3.8) is 0 Å². The molecule has 1 aromatic carbocycles. The number of pyridine rings is 2. The summed E-state index contributed by atoms with van der Waals surface area (Å²) in [5.41, 5.74) is 3.35. The van der Waals surface area contributed by atoms with Gasteiger partial charge in [-0.15, -0.1) is 0 Å². The van der Waals surface area contributed by atoms with Crippen molar-refractivity contribution in [1.82, 2.24) is 19.9 Å². The zero-order valence-corrected chi connectivity index (χ0v) is 18.5. The summed E-state index contributed by atoms with van der Waals surface area (Å²) in [4.78, 5) is 21.1. The van der Waals surface area contributed by atoms with Crippen LogP contribution in [-0.2, 0) is 13.6 Å². The summed E-state index contributed by atoms with van der Waals surface area (Å²) in [7, 11) is 3.39. The van der Waals surface area contributed by atoms with Crippen molar-refractivity contribution in [3.8, 4) is 28.6 Å². The Labute approximate surface area is 190 Å². The fourth-order valence-electron chi connectivity index (χ4n) is 3.44. The van der Waals surface area contributed by atoms with E-state index in [0.29, 0.717) is 28.2 Å². The second-order valence-corrected chi connectivity index (χ2v) is 7.48. The summed E-state index contributed by atoms with van der Waals surface area (Å²) in [5, 5.41) is 2.79. The highest BCUT2D eigenvalue weighted by Gasteiger charge is 2.15. The molecule has 0 aliphatic carbocycles. The molecule has 0 saturated carbocycles. The number of carbonyl (C=O) groups is 1. The Hall–Kier alpha value is -4.20. The molecule has 4 aromatic rings. The molecule has 7 nitrogen and oxygen atoms in total. The van der Waals surface area contributed by atoms with E-state index in [2.05, 4.69) is 15.3 Å². The quantitative estimate of drug-likeness (QED) is 0.447. The van der Waals surface area contributed by atoms with Gasteiger partial charge in [-0.2, -0.15) is 0 Å². The summed E-state index contributed by atoms with van der Waals surface area (Å²) < 4.78 is 26.7. The van der Waals surface area contributed by atoms with E-state index < -0.39 is 5.82 Å². The first-order valence-corrected chi connectivity index (χ1v) is 10.3. The molecule has 0 fully saturated rings. The fourth-order valence-corrected chi connectivity index (χ4v) is 3.44. The van der Waals surface area contributed by atoms with Crippen LogP contribution in [0.5, 0.6) is 17.4 Å². The van der Waals surface area contributed by atoms with Gasteiger partial charge in [0.1, 0.15) is 17.3 Å². The Morgan fingerprint density at radius 3 is 2.79 bits per heavy atom. The maximum absolute atomic E-state index is 13.5. The standard InChI is InChI=1S/C25H23FN4O3/c1-16-21(24(31)28-13-18-11-19(26)14-29-25(18)32-3)5-4-6-23(16)33-20-7-9-27-22(12-20)17-8-10-30(2)15-17/h4-12,14-15H,13H2,1-3H3,(H,28,31). The van der Waals surface area contributed by atoms with Crippen LogP contribution in [-0.4, -0.2) is 27.6 Å². The smallest absolute Gasteiger partial charge is 0.251 e. The molecule has 0 aliphatic rings. The van der Waals surface area contributed by atoms with Crippen molar-refractivity contribution < 1.29 is 18.7 Å². The predicted octanol–water partition coefficient (Wildman–Crippen LogP) is 4.66. The molecular formula is C25H23FN4O3. The van der Waals surface area contributed by atoms with Crippen molar-refractivity contribution in [2.24, 2.45) is 7.05 Å². The van der Waals surface area contributed by atoms with Gasteiger partial charge in [-0.1, -0.05) is 6.07 Å². The highest BCUT2D eigenvalue weighted by atomic mass is 19.1. The Morgan fingerprint density at radius 1 is 1.18 bits per heavy atom. The summed E-state index contributed by atoms with van der Waals surface area (Å²) in [6.45, 7) is 1.88. The Bertz CT molecular complexity index is 1300. The topological polar surface area (TPSA) is 78.3 Å². The highest BCUT2D eigenvalue weighted by Crippen LogP contribution is 2.29. The lowest BCUT2D eigenvalue weighted by Crippen LogP contribution is -2.24. The number of halogens is 1. The number of nitrogens with one attached hydrogen (secondary N) is 1. The predicted molar refractivity (Wildman–Crippen MR) is 122 cm³/mol. The SMILES string of the molecule is COc1ncc(F)cc1CNC(=O)c1cccc(Oc2ccnc(-c3ccn(C)c3)c2)c1C. The molecule has 0 radical (unpaired) electrons. The average molecular weight is 446 g/mol. The lowest BCUT2D eigenvalue weighted by molar-refractivity contribution is 0.0949. The second-order valence-electron chi connectivity index (χ2n) is 7.48. The summed E-state index contributed by atoms with van der Waals surface area (Å²) >= 11 is 0. The molecule has 3 heterocycles. The van der Waals surface area contributed by atoms with E-state index in [9.17, 15) is 9.18 Å². The molecule has 0 unspecified atom stereocenters. The van der Waals surface area contributed by atoms with E-state index in [4.69, 9.17) is 9.47 Å². The largest absolute Gasteiger partial charge is 0.481 e. The maximum Gasteiger partial charge on any atom is 0.251 e. The first-order valence-electron chi connectivity index (χ1n) is 10.3. The normalized spacial score (nSPS) is 10.7. The van der Waals surface area contributed by atoms with E-state index >= 15 is 0 Å². The van der Waals surface area contributed by atoms with Crippen LogP contribution in [0, 0.1) is 12.7 Å². The Kier molecular flexibility index (Phi) is 6.35. The van der Waals surface area contributed by atoms with Crippen LogP contribution in [0.3, 0.4) is 0 Å². The zero-order chi connectivity index (χ0) is 23.4. The molecule has 1 N–H and O–H groups in total. The summed E-state index contributed by atoms with van der Waals surface area (Å²) in [5.74, 6) is 0.609. The van der Waals surface area contributed by atoms with Crippen LogP contribution < -0.4 is 14.8 Å². The Morgan fingerprint density at radius 2 is 2.03 bits per heavy atom. The van der Waals surface area contributed by atoms with Gasteiger partial charge >= 0.3 is 0 Å². The van der Waals surface area contributed by atoms with Gasteiger partial charge in [-0.3, -0.25) is 9.78 Å². The molecular weight excluding hydrogens is 423 g/mol. The lowest BCUT2D eigenvalue weighted by Gasteiger charge is -2.14. The number of aromatic nitrogens is 3. The number of amides is 1. The van der Waals surface area contributed by atoms with Gasteiger partial charge in [0.15, 0.2) is 0 Å². The van der Waals surface area contributed by atoms with Crippen molar-refractivity contribution in [3.05, 3.63) is 89.8 Å². The molecule has 33 heavy (non-hydrogen) atoms. The van der Waals surface area contributed by atoms with E-state index in [1.807, 2.05) is 43.1 Å². The molecule has 0 aliphatic heterocycles. The van der Waals surface area contributed by atoms with Gasteiger partial charge < -0.3 is 19.4 Å². The fraction of sp³-hybridized carbons (Fsp3) is 0.160. The van der Waals surface area contributed by atoms with Gasteiger partial charge in [0.25, 0.3) is 5.91 Å². The number of rotatable bonds is 7. The minimum absolute atomic E-state index is 0.0715. The number of nitrogens with zero attached hydrogens (tertiary/aromatic N) is 3. The van der Waals surface area contributed by atoms with Crippen molar-refractivity contribution in [1.29, 1.82) is 0 Å². The van der Waals surface area contributed by atoms with Gasteiger partial charge in [-0.25, -0.2) is 9.37 Å². The minimum Gasteiger partial charge on any atom is -0.481 e. The number of aryl methyl sites for hydroxylation is 1. The first-order chi connectivity index (χ1) is 15.9. The number of carbonyl (C=O) groups excluding carboxylic acids is 1. The monoisotopic (exact) mass is 446 g/mol. The van der Waals surface area contributed by atoms with Crippen LogP contribution in [0.4, 0.5) is 4.39 Å². The third-order valence-corrected chi connectivity index (χ3v) is 5.14. The molecule has 0 saturated heterocycles. The molecule has 0 atom stereocenters. The van der Waals surface area contributed by atoms with Crippen LogP contribution >= 0.6 is 0 Å². The van der Waals surface area contributed by atoms with Crippen LogP contribution in [0.1, 0.15) is 21.5 Å². The van der Waals surface area contributed by atoms with E-state index in [-0.39, 0.29) is 18.3 Å². The zero-order valence-electron chi connectivity index (χ0n) is 18.5. The van der Waals surface area contributed by atoms with Crippen LogP contribution in [0.25, 0.3) is 11.3 Å². The van der Waals surface area contributed by atoms with E-state index in [1.54, 1.807) is 30.5 Å². The van der Waals surface area contributed by atoms with Gasteiger partial charge in [-0.05, 0) is 37.3 Å².